The predicted molar refractivity (Wildman–Crippen MR) is 58.6 cm³/mol. The van der Waals surface area contributed by atoms with Crippen LogP contribution in [0.1, 0.15) is 4.88 Å². The topological polar surface area (TPSA) is 33.1 Å². The number of aliphatic hydroxyl groups excluding tert-OH is 1. The molecule has 1 heterocycles. The average Bonchev–Trinajstić information content (AvgIpc) is 2.67. The van der Waals surface area contributed by atoms with E-state index in [2.05, 4.69) is 4.98 Å². The molecule has 1 aromatic carbocycles. The number of nitrogens with zero attached hydrogens (tertiary/aromatic N) is 1. The van der Waals surface area contributed by atoms with Crippen LogP contribution in [0.5, 0.6) is 0 Å². The van der Waals surface area contributed by atoms with Crippen LogP contribution in [0.4, 0.5) is 0 Å². The van der Waals surface area contributed by atoms with Gasteiger partial charge in [0.25, 0.3) is 0 Å². The molecule has 0 amide bonds. The first kappa shape index (κ1) is 9.71. The van der Waals surface area contributed by atoms with Crippen molar-refractivity contribution in [2.45, 2.75) is 15.8 Å². The molecule has 2 rings (SSSR count). The van der Waals surface area contributed by atoms with E-state index < -0.39 is 0 Å². The van der Waals surface area contributed by atoms with Crippen molar-refractivity contribution in [1.82, 2.24) is 4.98 Å². The number of benzene rings is 1. The standard InChI is InChI=1S/C10H9NOS2/c12-7-9-6-11-10(14-9)13-8-4-2-1-3-5-8/h1-6,12H,7H2. The first-order valence-corrected chi connectivity index (χ1v) is 5.80. The van der Waals surface area contributed by atoms with E-state index in [0.29, 0.717) is 0 Å². The lowest BCUT2D eigenvalue weighted by atomic mass is 10.4. The zero-order chi connectivity index (χ0) is 9.80. The normalized spacial score (nSPS) is 10.4. The molecule has 0 unspecified atom stereocenters. The van der Waals surface area contributed by atoms with Gasteiger partial charge in [0, 0.05) is 11.1 Å². The number of rotatable bonds is 3. The van der Waals surface area contributed by atoms with E-state index in [-0.39, 0.29) is 6.61 Å². The lowest BCUT2D eigenvalue weighted by Crippen LogP contribution is -1.70. The zero-order valence-corrected chi connectivity index (χ0v) is 9.02. The van der Waals surface area contributed by atoms with Gasteiger partial charge in [-0.1, -0.05) is 30.0 Å². The van der Waals surface area contributed by atoms with Gasteiger partial charge in [-0.3, -0.25) is 0 Å². The van der Waals surface area contributed by atoms with Gasteiger partial charge in [-0.2, -0.15) is 0 Å². The van der Waals surface area contributed by atoms with Gasteiger partial charge in [0.2, 0.25) is 0 Å². The van der Waals surface area contributed by atoms with Gasteiger partial charge < -0.3 is 5.11 Å². The van der Waals surface area contributed by atoms with E-state index in [9.17, 15) is 0 Å². The zero-order valence-electron chi connectivity index (χ0n) is 7.38. The van der Waals surface area contributed by atoms with Gasteiger partial charge in [-0.25, -0.2) is 4.98 Å². The summed E-state index contributed by atoms with van der Waals surface area (Å²) in [6, 6.07) is 10.1. The molecule has 0 atom stereocenters. The summed E-state index contributed by atoms with van der Waals surface area (Å²) in [7, 11) is 0. The van der Waals surface area contributed by atoms with Crippen LogP contribution in [0.15, 0.2) is 45.8 Å². The third kappa shape index (κ3) is 2.35. The van der Waals surface area contributed by atoms with Crippen LogP contribution in [0, 0.1) is 0 Å². The number of hydrogen-bond acceptors (Lipinski definition) is 4. The van der Waals surface area contributed by atoms with E-state index in [1.165, 1.54) is 16.2 Å². The monoisotopic (exact) mass is 223 g/mol. The first-order valence-electron chi connectivity index (χ1n) is 4.17. The maximum absolute atomic E-state index is 8.88. The summed E-state index contributed by atoms with van der Waals surface area (Å²) in [5.41, 5.74) is 0. The van der Waals surface area contributed by atoms with Crippen LogP contribution in [-0.2, 0) is 6.61 Å². The Balaban J connectivity index is 2.11. The Bertz CT molecular complexity index is 400. The molecule has 4 heteroatoms. The van der Waals surface area contributed by atoms with Crippen molar-refractivity contribution < 1.29 is 5.11 Å². The first-order chi connectivity index (χ1) is 6.88. The molecule has 1 aromatic heterocycles. The highest BCUT2D eigenvalue weighted by Crippen LogP contribution is 2.30. The molecule has 0 bridgehead atoms. The summed E-state index contributed by atoms with van der Waals surface area (Å²) in [6.45, 7) is 0.0764. The van der Waals surface area contributed by atoms with Crippen molar-refractivity contribution in [2.75, 3.05) is 0 Å². The largest absolute Gasteiger partial charge is 0.391 e. The van der Waals surface area contributed by atoms with E-state index in [1.54, 1.807) is 18.0 Å². The van der Waals surface area contributed by atoms with E-state index in [4.69, 9.17) is 5.11 Å². The van der Waals surface area contributed by atoms with Gasteiger partial charge in [-0.05, 0) is 12.1 Å². The molecule has 72 valence electrons. The molecule has 0 saturated carbocycles. The maximum atomic E-state index is 8.88. The van der Waals surface area contributed by atoms with Crippen LogP contribution in [0.2, 0.25) is 0 Å². The van der Waals surface area contributed by atoms with Crippen LogP contribution in [0.3, 0.4) is 0 Å². The average molecular weight is 223 g/mol. The van der Waals surface area contributed by atoms with Gasteiger partial charge in [-0.15, -0.1) is 11.3 Å². The number of aliphatic hydroxyl groups is 1. The SMILES string of the molecule is OCc1cnc(Sc2ccccc2)s1. The maximum Gasteiger partial charge on any atom is 0.154 e. The molecular weight excluding hydrogens is 214 g/mol. The van der Waals surface area contributed by atoms with E-state index >= 15 is 0 Å². The Hall–Kier alpha value is -0.840. The van der Waals surface area contributed by atoms with Gasteiger partial charge in [0.15, 0.2) is 4.34 Å². The molecule has 0 spiro atoms. The van der Waals surface area contributed by atoms with Crippen molar-refractivity contribution in [3.05, 3.63) is 41.4 Å². The summed E-state index contributed by atoms with van der Waals surface area (Å²) >= 11 is 3.15. The quantitative estimate of drug-likeness (QED) is 0.868. The summed E-state index contributed by atoms with van der Waals surface area (Å²) < 4.78 is 0.972. The highest BCUT2D eigenvalue weighted by Gasteiger charge is 2.02. The highest BCUT2D eigenvalue weighted by molar-refractivity contribution is 8.01. The Morgan fingerprint density at radius 3 is 2.71 bits per heavy atom. The summed E-state index contributed by atoms with van der Waals surface area (Å²) in [5, 5.41) is 8.88. The van der Waals surface area contributed by atoms with Crippen LogP contribution >= 0.6 is 23.1 Å². The molecule has 0 aliphatic rings. The van der Waals surface area contributed by atoms with Crippen molar-refractivity contribution >= 4 is 23.1 Å². The third-order valence-corrected chi connectivity index (χ3v) is 3.70. The fourth-order valence-corrected chi connectivity index (χ4v) is 2.88. The second kappa shape index (κ2) is 4.59. The Morgan fingerprint density at radius 1 is 1.29 bits per heavy atom. The van der Waals surface area contributed by atoms with Gasteiger partial charge >= 0.3 is 0 Å². The smallest absolute Gasteiger partial charge is 0.154 e. The minimum absolute atomic E-state index is 0.0764. The highest BCUT2D eigenvalue weighted by atomic mass is 32.2. The second-order valence-electron chi connectivity index (χ2n) is 2.67. The van der Waals surface area contributed by atoms with Crippen molar-refractivity contribution in [3.8, 4) is 0 Å². The lowest BCUT2D eigenvalue weighted by Gasteiger charge is -1.94. The number of hydrogen-bond donors (Lipinski definition) is 1. The molecule has 0 radical (unpaired) electrons. The molecule has 1 N–H and O–H groups in total. The Kier molecular flexibility index (Phi) is 3.18. The Morgan fingerprint density at radius 2 is 2.07 bits per heavy atom. The molecule has 0 aliphatic heterocycles. The second-order valence-corrected chi connectivity index (χ2v) is 5.10. The van der Waals surface area contributed by atoms with Crippen molar-refractivity contribution in [1.29, 1.82) is 0 Å². The molecule has 2 aromatic rings. The number of aromatic nitrogens is 1. The van der Waals surface area contributed by atoms with Crippen LogP contribution < -0.4 is 0 Å². The molecular formula is C10H9NOS2. The molecule has 0 fully saturated rings. The fraction of sp³-hybridized carbons (Fsp3) is 0.100. The van der Waals surface area contributed by atoms with Gasteiger partial charge in [0.05, 0.1) is 11.5 Å². The number of thiazole rings is 1. The fourth-order valence-electron chi connectivity index (χ4n) is 0.999. The summed E-state index contributed by atoms with van der Waals surface area (Å²) in [6.07, 6.45) is 1.72. The minimum Gasteiger partial charge on any atom is -0.391 e. The molecule has 0 saturated heterocycles. The van der Waals surface area contributed by atoms with Crippen molar-refractivity contribution in [3.63, 3.8) is 0 Å². The Labute approximate surface area is 90.6 Å². The van der Waals surface area contributed by atoms with Crippen LogP contribution in [-0.4, -0.2) is 10.1 Å². The third-order valence-electron chi connectivity index (χ3n) is 1.64. The molecule has 0 aliphatic carbocycles. The van der Waals surface area contributed by atoms with Gasteiger partial charge in [0.1, 0.15) is 0 Å². The van der Waals surface area contributed by atoms with E-state index in [1.807, 2.05) is 30.3 Å². The van der Waals surface area contributed by atoms with E-state index in [0.717, 1.165) is 9.22 Å². The van der Waals surface area contributed by atoms with Crippen LogP contribution in [0.25, 0.3) is 0 Å². The molecule has 2 nitrogen and oxygen atoms in total. The summed E-state index contributed by atoms with van der Waals surface area (Å²) in [5.74, 6) is 0. The molecule has 14 heavy (non-hydrogen) atoms. The van der Waals surface area contributed by atoms with Crippen molar-refractivity contribution in [2.24, 2.45) is 0 Å². The summed E-state index contributed by atoms with van der Waals surface area (Å²) in [4.78, 5) is 6.28. The minimum atomic E-state index is 0.0764. The lowest BCUT2D eigenvalue weighted by molar-refractivity contribution is 0.285. The predicted octanol–water partition coefficient (Wildman–Crippen LogP) is 2.79.